The second kappa shape index (κ2) is 8.94. The molecular weight excluding hydrogens is 426 g/mol. The van der Waals surface area contributed by atoms with Crippen molar-refractivity contribution in [2.45, 2.75) is 0 Å². The molecule has 0 spiro atoms. The summed E-state index contributed by atoms with van der Waals surface area (Å²) in [6.45, 7) is 3.44. The number of hydrogen-bond donors (Lipinski definition) is 1. The number of carbonyl (C=O) groups is 1. The van der Waals surface area contributed by atoms with Gasteiger partial charge in [-0.2, -0.15) is 5.10 Å². The molecule has 3 heterocycles. The molecule has 4 aromatic rings. The minimum absolute atomic E-state index is 0.0330. The highest BCUT2D eigenvalue weighted by Crippen LogP contribution is 2.25. The Labute approximate surface area is 190 Å². The molecule has 0 saturated carbocycles. The van der Waals surface area contributed by atoms with E-state index in [-0.39, 0.29) is 5.91 Å². The van der Waals surface area contributed by atoms with Crippen molar-refractivity contribution < 1.29 is 4.79 Å². The van der Waals surface area contributed by atoms with Crippen LogP contribution in [0.3, 0.4) is 0 Å². The Hall–Kier alpha value is -3.49. The van der Waals surface area contributed by atoms with Crippen molar-refractivity contribution in [3.8, 4) is 5.69 Å². The summed E-state index contributed by atoms with van der Waals surface area (Å²) in [6.07, 6.45) is 3.41. The minimum atomic E-state index is -0.0330. The maximum atomic E-state index is 12.4. The van der Waals surface area contributed by atoms with Crippen LogP contribution in [0.15, 0.2) is 67.1 Å². The van der Waals surface area contributed by atoms with Crippen LogP contribution in [-0.2, 0) is 4.79 Å². The van der Waals surface area contributed by atoms with Crippen LogP contribution in [0, 0.1) is 0 Å². The Balaban J connectivity index is 1.24. The first-order chi connectivity index (χ1) is 15.7. The predicted octanol–water partition coefficient (Wildman–Crippen LogP) is 3.23. The van der Waals surface area contributed by atoms with Gasteiger partial charge in [0.2, 0.25) is 5.91 Å². The van der Waals surface area contributed by atoms with Gasteiger partial charge in [-0.25, -0.2) is 14.6 Å². The number of aromatic nitrogens is 4. The Morgan fingerprint density at radius 2 is 1.72 bits per heavy atom. The zero-order chi connectivity index (χ0) is 21.9. The van der Waals surface area contributed by atoms with Gasteiger partial charge < -0.3 is 10.2 Å². The monoisotopic (exact) mass is 447 g/mol. The predicted molar refractivity (Wildman–Crippen MR) is 125 cm³/mol. The second-order valence-corrected chi connectivity index (χ2v) is 8.08. The summed E-state index contributed by atoms with van der Waals surface area (Å²) in [5.41, 5.74) is 2.49. The number of piperazine rings is 1. The fourth-order valence-corrected chi connectivity index (χ4v) is 4.02. The van der Waals surface area contributed by atoms with Gasteiger partial charge in [-0.15, -0.1) is 0 Å². The van der Waals surface area contributed by atoms with Gasteiger partial charge in [0.05, 0.1) is 23.8 Å². The van der Waals surface area contributed by atoms with E-state index in [1.165, 1.54) is 0 Å². The van der Waals surface area contributed by atoms with Crippen LogP contribution in [0.1, 0.15) is 0 Å². The number of amides is 1. The summed E-state index contributed by atoms with van der Waals surface area (Å²) < 4.78 is 1.83. The molecule has 0 aliphatic carbocycles. The van der Waals surface area contributed by atoms with Crippen LogP contribution in [0.2, 0.25) is 5.02 Å². The van der Waals surface area contributed by atoms with E-state index in [0.29, 0.717) is 11.6 Å². The van der Waals surface area contributed by atoms with Crippen LogP contribution >= 0.6 is 11.6 Å². The zero-order valence-electron chi connectivity index (χ0n) is 17.4. The van der Waals surface area contributed by atoms with Crippen molar-refractivity contribution in [2.24, 2.45) is 0 Å². The summed E-state index contributed by atoms with van der Waals surface area (Å²) in [7, 11) is 0. The van der Waals surface area contributed by atoms with E-state index in [2.05, 4.69) is 30.2 Å². The van der Waals surface area contributed by atoms with Crippen LogP contribution in [0.4, 0.5) is 11.5 Å². The summed E-state index contributed by atoms with van der Waals surface area (Å²) in [5.74, 6) is 0.844. The number of halogens is 1. The normalized spacial score (nSPS) is 14.6. The summed E-state index contributed by atoms with van der Waals surface area (Å²) in [5, 5.41) is 9.02. The van der Waals surface area contributed by atoms with Crippen molar-refractivity contribution in [3.05, 3.63) is 72.1 Å². The molecule has 2 aromatic carbocycles. The van der Waals surface area contributed by atoms with E-state index >= 15 is 0 Å². The molecule has 0 atom stereocenters. The lowest BCUT2D eigenvalue weighted by Gasteiger charge is -2.35. The fraction of sp³-hybridized carbons (Fsp3) is 0.217. The van der Waals surface area contributed by atoms with Gasteiger partial charge >= 0.3 is 0 Å². The molecule has 2 aromatic heterocycles. The van der Waals surface area contributed by atoms with Crippen molar-refractivity contribution in [1.29, 1.82) is 0 Å². The highest BCUT2D eigenvalue weighted by atomic mass is 35.5. The number of para-hydroxylation sites is 1. The Morgan fingerprint density at radius 1 is 0.969 bits per heavy atom. The van der Waals surface area contributed by atoms with E-state index in [1.54, 1.807) is 30.6 Å². The molecule has 9 heteroatoms. The quantitative estimate of drug-likeness (QED) is 0.506. The molecule has 0 radical (unpaired) electrons. The van der Waals surface area contributed by atoms with E-state index in [1.807, 2.05) is 41.2 Å². The lowest BCUT2D eigenvalue weighted by Crippen LogP contribution is -2.49. The van der Waals surface area contributed by atoms with Gasteiger partial charge in [0.25, 0.3) is 0 Å². The van der Waals surface area contributed by atoms with E-state index < -0.39 is 0 Å². The standard InChI is InChI=1S/C23H22ClN7O/c24-17-6-8-18(9-7-17)28-21(32)15-29-10-12-30(13-11-29)22-20-14-27-31(23(20)26-16-25-22)19-4-2-1-3-5-19/h1-9,14,16H,10-13,15H2,(H,28,32). The Morgan fingerprint density at radius 3 is 2.47 bits per heavy atom. The third-order valence-electron chi connectivity index (χ3n) is 5.51. The number of anilines is 2. The molecule has 1 amide bonds. The zero-order valence-corrected chi connectivity index (χ0v) is 18.1. The molecule has 0 bridgehead atoms. The lowest BCUT2D eigenvalue weighted by atomic mass is 10.2. The molecule has 8 nitrogen and oxygen atoms in total. The number of fused-ring (bicyclic) bond motifs is 1. The molecule has 1 saturated heterocycles. The summed E-state index contributed by atoms with van der Waals surface area (Å²) in [4.78, 5) is 25.8. The molecule has 1 fully saturated rings. The molecule has 1 aliphatic rings. The highest BCUT2D eigenvalue weighted by molar-refractivity contribution is 6.30. The van der Waals surface area contributed by atoms with Gasteiger partial charge in [0, 0.05) is 36.9 Å². The number of nitrogens with zero attached hydrogens (tertiary/aromatic N) is 6. The van der Waals surface area contributed by atoms with Gasteiger partial charge in [0.15, 0.2) is 5.65 Å². The fourth-order valence-electron chi connectivity index (χ4n) is 3.90. The third-order valence-corrected chi connectivity index (χ3v) is 5.76. The van der Waals surface area contributed by atoms with Crippen molar-refractivity contribution in [2.75, 3.05) is 42.9 Å². The van der Waals surface area contributed by atoms with E-state index in [0.717, 1.165) is 54.4 Å². The summed E-state index contributed by atoms with van der Waals surface area (Å²) >= 11 is 5.90. The Kier molecular flexibility index (Phi) is 5.70. The van der Waals surface area contributed by atoms with Crippen molar-refractivity contribution >= 4 is 40.0 Å². The van der Waals surface area contributed by atoms with Gasteiger partial charge in [-0.05, 0) is 36.4 Å². The van der Waals surface area contributed by atoms with Gasteiger partial charge in [-0.3, -0.25) is 9.69 Å². The average molecular weight is 448 g/mol. The lowest BCUT2D eigenvalue weighted by molar-refractivity contribution is -0.117. The third kappa shape index (κ3) is 4.28. The van der Waals surface area contributed by atoms with Gasteiger partial charge in [0.1, 0.15) is 12.1 Å². The first-order valence-electron chi connectivity index (χ1n) is 10.4. The van der Waals surface area contributed by atoms with Crippen LogP contribution < -0.4 is 10.2 Å². The maximum Gasteiger partial charge on any atom is 0.238 e. The first-order valence-corrected chi connectivity index (χ1v) is 10.8. The first kappa shape index (κ1) is 20.4. The number of benzene rings is 2. The number of rotatable bonds is 5. The molecular formula is C23H22ClN7O. The SMILES string of the molecule is O=C(CN1CCN(c2ncnc3c2cnn3-c2ccccc2)CC1)Nc1ccc(Cl)cc1. The van der Waals surface area contributed by atoms with E-state index in [4.69, 9.17) is 11.6 Å². The van der Waals surface area contributed by atoms with Crippen LogP contribution in [-0.4, -0.2) is 63.3 Å². The average Bonchev–Trinajstić information content (AvgIpc) is 3.26. The van der Waals surface area contributed by atoms with Crippen molar-refractivity contribution in [1.82, 2.24) is 24.6 Å². The molecule has 1 N–H and O–H groups in total. The topological polar surface area (TPSA) is 79.2 Å². The number of hydrogen-bond acceptors (Lipinski definition) is 6. The maximum absolute atomic E-state index is 12.4. The van der Waals surface area contributed by atoms with Gasteiger partial charge in [-0.1, -0.05) is 29.8 Å². The molecule has 0 unspecified atom stereocenters. The minimum Gasteiger partial charge on any atom is -0.353 e. The van der Waals surface area contributed by atoms with Crippen molar-refractivity contribution in [3.63, 3.8) is 0 Å². The molecule has 32 heavy (non-hydrogen) atoms. The molecule has 1 aliphatic heterocycles. The summed E-state index contributed by atoms with van der Waals surface area (Å²) in [6, 6.07) is 17.1. The number of carbonyl (C=O) groups excluding carboxylic acids is 1. The highest BCUT2D eigenvalue weighted by Gasteiger charge is 2.22. The molecule has 5 rings (SSSR count). The number of nitrogens with one attached hydrogen (secondary N) is 1. The second-order valence-electron chi connectivity index (χ2n) is 7.64. The smallest absolute Gasteiger partial charge is 0.238 e. The van der Waals surface area contributed by atoms with Crippen LogP contribution in [0.25, 0.3) is 16.7 Å². The van der Waals surface area contributed by atoms with E-state index in [9.17, 15) is 4.79 Å². The molecule has 162 valence electrons. The van der Waals surface area contributed by atoms with Crippen LogP contribution in [0.5, 0.6) is 0 Å². The largest absolute Gasteiger partial charge is 0.353 e. The Bertz CT molecular complexity index is 1220.